The highest BCUT2D eigenvalue weighted by molar-refractivity contribution is 5.91. The molecule has 0 radical (unpaired) electrons. The minimum Gasteiger partial charge on any atom is -0.469 e. The molecule has 44 valence electrons. The van der Waals surface area contributed by atoms with Crippen molar-refractivity contribution in [2.24, 2.45) is 10.7 Å². The van der Waals surface area contributed by atoms with Gasteiger partial charge in [-0.1, -0.05) is 0 Å². The van der Waals surface area contributed by atoms with Gasteiger partial charge in [0.2, 0.25) is 0 Å². The normalized spacial score (nSPS) is 26.1. The lowest BCUT2D eigenvalue weighted by Crippen LogP contribution is -2.26. The fraction of sp³-hybridized carbons (Fsp3) is 0.500. The largest absolute Gasteiger partial charge is 0.469 e. The third-order valence-corrected chi connectivity index (χ3v) is 0.895. The van der Waals surface area contributed by atoms with Crippen molar-refractivity contribution in [1.82, 2.24) is 0 Å². The van der Waals surface area contributed by atoms with E-state index < -0.39 is 6.10 Å². The molecular weight excluding hydrogens is 108 g/mol. The lowest BCUT2D eigenvalue weighted by Gasteiger charge is -1.99. The molecule has 0 spiro atoms. The van der Waals surface area contributed by atoms with Gasteiger partial charge in [0.05, 0.1) is 0 Å². The standard InChI is InChI=1S/C4H6N2O2/c5-1-3-4(7)6-2-8-3/h2-3H,1,5H2/t3-/m1/s1. The average molecular weight is 114 g/mol. The first-order valence-electron chi connectivity index (χ1n) is 2.26. The monoisotopic (exact) mass is 114 g/mol. The smallest absolute Gasteiger partial charge is 0.290 e. The maximum absolute atomic E-state index is 10.4. The van der Waals surface area contributed by atoms with Crippen LogP contribution in [0.5, 0.6) is 0 Å². The Bertz CT molecular complexity index is 132. The Kier molecular flexibility index (Phi) is 1.26. The first kappa shape index (κ1) is 5.24. The lowest BCUT2D eigenvalue weighted by atomic mass is 10.3. The number of hydrogen-bond donors (Lipinski definition) is 1. The summed E-state index contributed by atoms with van der Waals surface area (Å²) in [6, 6.07) is 0. The van der Waals surface area contributed by atoms with E-state index in [2.05, 4.69) is 9.73 Å². The van der Waals surface area contributed by atoms with Crippen molar-refractivity contribution in [3.05, 3.63) is 0 Å². The fourth-order valence-corrected chi connectivity index (χ4v) is 0.454. The maximum atomic E-state index is 10.4. The lowest BCUT2D eigenvalue weighted by molar-refractivity contribution is -0.122. The Balaban J connectivity index is 2.51. The van der Waals surface area contributed by atoms with E-state index in [9.17, 15) is 4.79 Å². The summed E-state index contributed by atoms with van der Waals surface area (Å²) in [6.45, 7) is 0.207. The molecule has 4 nitrogen and oxygen atoms in total. The van der Waals surface area contributed by atoms with Crippen LogP contribution in [0.3, 0.4) is 0 Å². The van der Waals surface area contributed by atoms with Gasteiger partial charge in [0.1, 0.15) is 0 Å². The molecule has 0 bridgehead atoms. The Morgan fingerprint density at radius 3 is 3.00 bits per heavy atom. The van der Waals surface area contributed by atoms with Crippen LogP contribution in [-0.2, 0) is 9.53 Å². The summed E-state index contributed by atoms with van der Waals surface area (Å²) in [5, 5.41) is 0. The van der Waals surface area contributed by atoms with Crippen molar-refractivity contribution < 1.29 is 9.53 Å². The van der Waals surface area contributed by atoms with Gasteiger partial charge in [-0.3, -0.25) is 4.79 Å². The molecule has 0 unspecified atom stereocenters. The molecule has 0 saturated heterocycles. The molecule has 0 aromatic rings. The molecule has 1 rings (SSSR count). The molecule has 2 N–H and O–H groups in total. The number of amides is 1. The number of carbonyl (C=O) groups is 1. The van der Waals surface area contributed by atoms with Gasteiger partial charge >= 0.3 is 0 Å². The maximum Gasteiger partial charge on any atom is 0.290 e. The van der Waals surface area contributed by atoms with Crippen LogP contribution in [-0.4, -0.2) is 25.0 Å². The molecule has 8 heavy (non-hydrogen) atoms. The van der Waals surface area contributed by atoms with E-state index in [-0.39, 0.29) is 12.5 Å². The second-order valence-corrected chi connectivity index (χ2v) is 1.43. The van der Waals surface area contributed by atoms with Crippen molar-refractivity contribution in [3.63, 3.8) is 0 Å². The fourth-order valence-electron chi connectivity index (χ4n) is 0.454. The minimum atomic E-state index is -0.519. The summed E-state index contributed by atoms with van der Waals surface area (Å²) in [6.07, 6.45) is 0.606. The van der Waals surface area contributed by atoms with Crippen LogP contribution >= 0.6 is 0 Å². The van der Waals surface area contributed by atoms with E-state index in [1.54, 1.807) is 0 Å². The molecule has 0 aliphatic carbocycles. The van der Waals surface area contributed by atoms with Crippen LogP contribution in [0.4, 0.5) is 0 Å². The minimum absolute atomic E-state index is 0.207. The first-order valence-corrected chi connectivity index (χ1v) is 2.26. The van der Waals surface area contributed by atoms with Crippen LogP contribution < -0.4 is 5.73 Å². The Morgan fingerprint density at radius 1 is 2.00 bits per heavy atom. The van der Waals surface area contributed by atoms with Gasteiger partial charge in [-0.15, -0.1) is 0 Å². The molecule has 0 saturated carbocycles. The third kappa shape index (κ3) is 0.696. The highest BCUT2D eigenvalue weighted by atomic mass is 16.5. The van der Waals surface area contributed by atoms with Crippen molar-refractivity contribution in [1.29, 1.82) is 0 Å². The number of nitrogens with zero attached hydrogens (tertiary/aromatic N) is 1. The van der Waals surface area contributed by atoms with Gasteiger partial charge in [-0.05, 0) is 0 Å². The number of aliphatic imine (C=N–C) groups is 1. The van der Waals surface area contributed by atoms with Crippen molar-refractivity contribution in [3.8, 4) is 0 Å². The summed E-state index contributed by atoms with van der Waals surface area (Å²) in [5.41, 5.74) is 5.10. The molecule has 0 aromatic carbocycles. The van der Waals surface area contributed by atoms with Crippen LogP contribution in [0.2, 0.25) is 0 Å². The van der Waals surface area contributed by atoms with Crippen LogP contribution in [0.15, 0.2) is 4.99 Å². The summed E-state index contributed by atoms with van der Waals surface area (Å²) in [4.78, 5) is 13.7. The molecule has 0 fully saturated rings. The zero-order chi connectivity index (χ0) is 5.98. The molecule has 1 aliphatic rings. The summed E-state index contributed by atoms with van der Waals surface area (Å²) >= 11 is 0. The predicted molar refractivity (Wildman–Crippen MR) is 27.4 cm³/mol. The van der Waals surface area contributed by atoms with Crippen molar-refractivity contribution in [2.45, 2.75) is 6.10 Å². The van der Waals surface area contributed by atoms with E-state index in [0.717, 1.165) is 6.40 Å². The molecule has 0 aromatic heterocycles. The Hall–Kier alpha value is -0.900. The van der Waals surface area contributed by atoms with Gasteiger partial charge in [-0.25, -0.2) is 0 Å². The van der Waals surface area contributed by atoms with Gasteiger partial charge in [0, 0.05) is 6.54 Å². The van der Waals surface area contributed by atoms with Gasteiger partial charge in [0.25, 0.3) is 5.91 Å². The topological polar surface area (TPSA) is 64.7 Å². The zero-order valence-electron chi connectivity index (χ0n) is 4.20. The molecule has 1 atom stereocenters. The second kappa shape index (κ2) is 1.92. The first-order chi connectivity index (χ1) is 3.84. The number of carbonyl (C=O) groups excluding carboxylic acids is 1. The molecule has 1 aliphatic heterocycles. The number of nitrogens with two attached hydrogens (primary N) is 1. The van der Waals surface area contributed by atoms with E-state index in [0.29, 0.717) is 0 Å². The Morgan fingerprint density at radius 2 is 2.75 bits per heavy atom. The molecule has 4 heteroatoms. The molecule has 1 amide bonds. The van der Waals surface area contributed by atoms with E-state index >= 15 is 0 Å². The van der Waals surface area contributed by atoms with Crippen molar-refractivity contribution in [2.75, 3.05) is 6.54 Å². The third-order valence-electron chi connectivity index (χ3n) is 0.895. The van der Waals surface area contributed by atoms with Gasteiger partial charge in [-0.2, -0.15) is 4.99 Å². The number of hydrogen-bond acceptors (Lipinski definition) is 3. The second-order valence-electron chi connectivity index (χ2n) is 1.43. The quantitative estimate of drug-likeness (QED) is 0.470. The van der Waals surface area contributed by atoms with Crippen LogP contribution in [0.1, 0.15) is 0 Å². The Labute approximate surface area is 46.3 Å². The van der Waals surface area contributed by atoms with Crippen LogP contribution in [0.25, 0.3) is 0 Å². The van der Waals surface area contributed by atoms with Crippen molar-refractivity contribution >= 4 is 12.3 Å². The van der Waals surface area contributed by atoms with Crippen LogP contribution in [0, 0.1) is 0 Å². The highest BCUT2D eigenvalue weighted by Crippen LogP contribution is 1.97. The van der Waals surface area contributed by atoms with E-state index in [4.69, 9.17) is 5.73 Å². The summed E-state index contributed by atoms with van der Waals surface area (Å²) in [7, 11) is 0. The van der Waals surface area contributed by atoms with E-state index in [1.807, 2.05) is 0 Å². The van der Waals surface area contributed by atoms with Gasteiger partial charge in [0.15, 0.2) is 12.5 Å². The molecular formula is C4H6N2O2. The predicted octanol–water partition coefficient (Wildman–Crippen LogP) is -1.10. The zero-order valence-corrected chi connectivity index (χ0v) is 4.20. The molecule has 1 heterocycles. The summed E-state index contributed by atoms with van der Waals surface area (Å²) in [5.74, 6) is -0.285. The highest BCUT2D eigenvalue weighted by Gasteiger charge is 2.20. The number of rotatable bonds is 1. The SMILES string of the molecule is NC[C@H]1OC=NC1=O. The number of ether oxygens (including phenoxy) is 1. The van der Waals surface area contributed by atoms with Gasteiger partial charge < -0.3 is 10.5 Å². The average Bonchev–Trinajstić information content (AvgIpc) is 2.14. The van der Waals surface area contributed by atoms with E-state index in [1.165, 1.54) is 0 Å². The summed E-state index contributed by atoms with van der Waals surface area (Å²) < 4.78 is 4.65.